The maximum atomic E-state index is 12.2. The van der Waals surface area contributed by atoms with Gasteiger partial charge in [-0.1, -0.05) is 11.6 Å². The highest BCUT2D eigenvalue weighted by molar-refractivity contribution is 6.31. The molecule has 0 atom stereocenters. The van der Waals surface area contributed by atoms with E-state index in [4.69, 9.17) is 16.3 Å². The lowest BCUT2D eigenvalue weighted by Gasteiger charge is -2.21. The molecule has 2 aromatic carbocycles. The van der Waals surface area contributed by atoms with Gasteiger partial charge in [0.15, 0.2) is 0 Å². The summed E-state index contributed by atoms with van der Waals surface area (Å²) >= 11 is 6.11. The molecule has 0 saturated heterocycles. The van der Waals surface area contributed by atoms with Gasteiger partial charge in [0.25, 0.3) is 0 Å². The summed E-state index contributed by atoms with van der Waals surface area (Å²) in [4.78, 5) is 14.5. The van der Waals surface area contributed by atoms with Crippen LogP contribution in [0.25, 0.3) is 0 Å². The van der Waals surface area contributed by atoms with Crippen molar-refractivity contribution in [3.63, 3.8) is 0 Å². The molecule has 0 aliphatic rings. The lowest BCUT2D eigenvalue weighted by Crippen LogP contribution is -2.21. The van der Waals surface area contributed by atoms with E-state index >= 15 is 0 Å². The van der Waals surface area contributed by atoms with Gasteiger partial charge >= 0.3 is 0 Å². The maximum absolute atomic E-state index is 12.2. The number of hydrogen-bond donors (Lipinski definition) is 2. The van der Waals surface area contributed by atoms with E-state index in [1.165, 1.54) is 0 Å². The normalized spacial score (nSPS) is 10.4. The zero-order valence-electron chi connectivity index (χ0n) is 16.4. The molecule has 0 fully saturated rings. The van der Waals surface area contributed by atoms with E-state index in [-0.39, 0.29) is 5.91 Å². The van der Waals surface area contributed by atoms with Crippen molar-refractivity contribution >= 4 is 34.6 Å². The summed E-state index contributed by atoms with van der Waals surface area (Å²) in [6.45, 7) is 8.61. The van der Waals surface area contributed by atoms with Crippen molar-refractivity contribution in [2.24, 2.45) is 0 Å². The molecule has 0 spiro atoms. The molecule has 146 valence electrons. The van der Waals surface area contributed by atoms with E-state index in [9.17, 15) is 4.79 Å². The number of carbonyl (C=O) groups excluding carboxylic acids is 1. The largest absolute Gasteiger partial charge is 0.495 e. The smallest absolute Gasteiger partial charge is 0.226 e. The van der Waals surface area contributed by atoms with Gasteiger partial charge in [-0.15, -0.1) is 0 Å². The van der Waals surface area contributed by atoms with Crippen LogP contribution in [0.5, 0.6) is 5.75 Å². The molecule has 5 nitrogen and oxygen atoms in total. The summed E-state index contributed by atoms with van der Waals surface area (Å²) in [6.07, 6.45) is 0.350. The summed E-state index contributed by atoms with van der Waals surface area (Å²) < 4.78 is 5.33. The number of aryl methyl sites for hydroxylation is 1. The number of methoxy groups -OCH3 is 1. The number of nitrogens with zero attached hydrogens (tertiary/aromatic N) is 1. The van der Waals surface area contributed by atoms with Crippen molar-refractivity contribution < 1.29 is 9.53 Å². The fraction of sp³-hybridized carbons (Fsp3) is 0.381. The van der Waals surface area contributed by atoms with Gasteiger partial charge in [-0.25, -0.2) is 0 Å². The molecule has 2 aromatic rings. The topological polar surface area (TPSA) is 53.6 Å². The van der Waals surface area contributed by atoms with Crippen molar-refractivity contribution in [1.82, 2.24) is 0 Å². The Bertz CT molecular complexity index is 759. The van der Waals surface area contributed by atoms with Crippen LogP contribution in [-0.2, 0) is 4.79 Å². The lowest BCUT2D eigenvalue weighted by atomic mass is 10.2. The van der Waals surface area contributed by atoms with Crippen molar-refractivity contribution in [1.29, 1.82) is 0 Å². The standard InChI is InChI=1S/C21H28ClN3O2/c1-5-25(6-2)17-9-7-16(8-10-17)24-21(26)11-12-23-19-13-15(3)18(22)14-20(19)27-4/h7-10,13-14,23H,5-6,11-12H2,1-4H3,(H,24,26). The van der Waals surface area contributed by atoms with Crippen LogP contribution in [0.2, 0.25) is 5.02 Å². The number of benzene rings is 2. The number of anilines is 3. The minimum atomic E-state index is -0.0391. The molecule has 0 unspecified atom stereocenters. The zero-order chi connectivity index (χ0) is 19.8. The molecule has 0 radical (unpaired) electrons. The second-order valence-electron chi connectivity index (χ2n) is 6.25. The number of rotatable bonds is 9. The van der Waals surface area contributed by atoms with Crippen molar-refractivity contribution in [3.8, 4) is 5.75 Å². The third-order valence-corrected chi connectivity index (χ3v) is 4.84. The first-order valence-electron chi connectivity index (χ1n) is 9.21. The van der Waals surface area contributed by atoms with E-state index in [1.54, 1.807) is 13.2 Å². The zero-order valence-corrected chi connectivity index (χ0v) is 17.2. The molecule has 27 heavy (non-hydrogen) atoms. The van der Waals surface area contributed by atoms with Crippen LogP contribution in [-0.4, -0.2) is 32.7 Å². The van der Waals surface area contributed by atoms with Gasteiger partial charge in [0, 0.05) is 48.5 Å². The van der Waals surface area contributed by atoms with Gasteiger partial charge in [-0.2, -0.15) is 0 Å². The van der Waals surface area contributed by atoms with Crippen LogP contribution < -0.4 is 20.3 Å². The predicted octanol–water partition coefficient (Wildman–Crippen LogP) is 4.94. The Morgan fingerprint density at radius 1 is 1.15 bits per heavy atom. The molecule has 6 heteroatoms. The average molecular weight is 390 g/mol. The summed E-state index contributed by atoms with van der Waals surface area (Å²) in [6, 6.07) is 11.6. The van der Waals surface area contributed by atoms with Crippen molar-refractivity contribution in [3.05, 3.63) is 47.0 Å². The third kappa shape index (κ3) is 5.79. The van der Waals surface area contributed by atoms with E-state index in [1.807, 2.05) is 37.3 Å². The highest BCUT2D eigenvalue weighted by atomic mass is 35.5. The molecule has 0 aromatic heterocycles. The van der Waals surface area contributed by atoms with Crippen LogP contribution in [0.4, 0.5) is 17.1 Å². The van der Waals surface area contributed by atoms with Crippen molar-refractivity contribution in [2.45, 2.75) is 27.2 Å². The average Bonchev–Trinajstić information content (AvgIpc) is 2.66. The SMILES string of the molecule is CCN(CC)c1ccc(NC(=O)CCNc2cc(C)c(Cl)cc2OC)cc1. The summed E-state index contributed by atoms with van der Waals surface area (Å²) in [5.74, 6) is 0.626. The predicted molar refractivity (Wildman–Crippen MR) is 114 cm³/mol. The Balaban J connectivity index is 1.87. The maximum Gasteiger partial charge on any atom is 0.226 e. The molecule has 2 N–H and O–H groups in total. The number of ether oxygens (including phenoxy) is 1. The van der Waals surface area contributed by atoms with Crippen molar-refractivity contribution in [2.75, 3.05) is 42.3 Å². The first-order valence-corrected chi connectivity index (χ1v) is 9.59. The highest BCUT2D eigenvalue weighted by Crippen LogP contribution is 2.30. The molecule has 1 amide bonds. The Morgan fingerprint density at radius 2 is 1.81 bits per heavy atom. The molecule has 0 saturated carbocycles. The summed E-state index contributed by atoms with van der Waals surface area (Å²) in [7, 11) is 1.60. The third-order valence-electron chi connectivity index (χ3n) is 4.43. The fourth-order valence-electron chi connectivity index (χ4n) is 2.85. The van der Waals surface area contributed by atoms with Crippen LogP contribution in [0, 0.1) is 6.92 Å². The summed E-state index contributed by atoms with van der Waals surface area (Å²) in [5.41, 5.74) is 3.74. The van der Waals surface area contributed by atoms with E-state index in [0.29, 0.717) is 23.7 Å². The number of hydrogen-bond acceptors (Lipinski definition) is 4. The number of nitrogens with one attached hydrogen (secondary N) is 2. The Kier molecular flexibility index (Phi) is 7.80. The van der Waals surface area contributed by atoms with Crippen LogP contribution in [0.15, 0.2) is 36.4 Å². The Morgan fingerprint density at radius 3 is 2.41 bits per heavy atom. The Labute approximate surface area is 166 Å². The lowest BCUT2D eigenvalue weighted by molar-refractivity contribution is -0.115. The molecule has 2 rings (SSSR count). The van der Waals surface area contributed by atoms with Gasteiger partial charge < -0.3 is 20.3 Å². The Hall–Kier alpha value is -2.40. The number of carbonyl (C=O) groups is 1. The number of amides is 1. The molecule has 0 bridgehead atoms. The second-order valence-corrected chi connectivity index (χ2v) is 6.65. The molecule has 0 aliphatic carbocycles. The van der Waals surface area contributed by atoms with E-state index in [2.05, 4.69) is 29.4 Å². The highest BCUT2D eigenvalue weighted by Gasteiger charge is 2.08. The quantitative estimate of drug-likeness (QED) is 0.637. The van der Waals surface area contributed by atoms with Crippen LogP contribution in [0.1, 0.15) is 25.8 Å². The van der Waals surface area contributed by atoms with Gasteiger partial charge in [0.05, 0.1) is 12.8 Å². The van der Waals surface area contributed by atoms with E-state index < -0.39 is 0 Å². The molecule has 0 aliphatic heterocycles. The van der Waals surface area contributed by atoms with E-state index in [0.717, 1.165) is 35.7 Å². The second kappa shape index (κ2) is 10.1. The molecule has 0 heterocycles. The van der Waals surface area contributed by atoms with Gasteiger partial charge in [0.1, 0.15) is 5.75 Å². The molecular formula is C21H28ClN3O2. The van der Waals surface area contributed by atoms with Crippen LogP contribution >= 0.6 is 11.6 Å². The minimum Gasteiger partial charge on any atom is -0.495 e. The fourth-order valence-corrected chi connectivity index (χ4v) is 3.00. The minimum absolute atomic E-state index is 0.0391. The first-order chi connectivity index (χ1) is 13.0. The number of halogens is 1. The summed E-state index contributed by atoms with van der Waals surface area (Å²) in [5, 5.41) is 6.82. The molecular weight excluding hydrogens is 362 g/mol. The van der Waals surface area contributed by atoms with Gasteiger partial charge in [-0.3, -0.25) is 4.79 Å². The monoisotopic (exact) mass is 389 g/mol. The van der Waals surface area contributed by atoms with Gasteiger partial charge in [-0.05, 0) is 56.7 Å². The van der Waals surface area contributed by atoms with Crippen LogP contribution in [0.3, 0.4) is 0 Å². The van der Waals surface area contributed by atoms with Gasteiger partial charge in [0.2, 0.25) is 5.91 Å². The first kappa shape index (κ1) is 20.9.